The Bertz CT molecular complexity index is 961. The molecule has 0 bridgehead atoms. The van der Waals surface area contributed by atoms with Gasteiger partial charge in [0.2, 0.25) is 0 Å². The molecule has 1 aromatic carbocycles. The largest absolute Gasteiger partial charge is 0.441 e. The molecule has 5 heteroatoms. The van der Waals surface area contributed by atoms with E-state index in [0.29, 0.717) is 23.0 Å². The average Bonchev–Trinajstić information content (AvgIpc) is 2.98. The summed E-state index contributed by atoms with van der Waals surface area (Å²) in [7, 11) is 0. The molecule has 3 aromatic rings. The summed E-state index contributed by atoms with van der Waals surface area (Å²) in [5, 5.41) is 0. The number of piperidine rings is 1. The second kappa shape index (κ2) is 7.04. The zero-order chi connectivity index (χ0) is 19.1. The number of pyridine rings is 1. The third kappa shape index (κ3) is 3.61. The molecule has 4 nitrogen and oxygen atoms in total. The SMILES string of the molecule is Cc1cc(C2CCCN(C(C)c3cc4nc(C)oc4cc3F)C2)cc(C)n1. The van der Waals surface area contributed by atoms with Gasteiger partial charge in [0.05, 0.1) is 0 Å². The van der Waals surface area contributed by atoms with Crippen LogP contribution in [0.4, 0.5) is 4.39 Å². The fourth-order valence-electron chi connectivity index (χ4n) is 4.33. The number of nitrogens with zero attached hydrogens (tertiary/aromatic N) is 3. The first-order valence-electron chi connectivity index (χ1n) is 9.66. The van der Waals surface area contributed by atoms with E-state index in [-0.39, 0.29) is 11.9 Å². The summed E-state index contributed by atoms with van der Waals surface area (Å²) in [6.07, 6.45) is 2.28. The molecular weight excluding hydrogens is 341 g/mol. The number of aromatic nitrogens is 2. The van der Waals surface area contributed by atoms with Crippen LogP contribution in [0.2, 0.25) is 0 Å². The Morgan fingerprint density at radius 1 is 1.11 bits per heavy atom. The maximum Gasteiger partial charge on any atom is 0.192 e. The summed E-state index contributed by atoms with van der Waals surface area (Å²) in [5.41, 5.74) is 5.41. The molecule has 0 spiro atoms. The molecule has 142 valence electrons. The van der Waals surface area contributed by atoms with Crippen molar-refractivity contribution in [2.24, 2.45) is 0 Å². The van der Waals surface area contributed by atoms with Gasteiger partial charge in [-0.1, -0.05) is 0 Å². The predicted molar refractivity (Wildman–Crippen MR) is 104 cm³/mol. The van der Waals surface area contributed by atoms with Crippen molar-refractivity contribution < 1.29 is 8.81 Å². The standard InChI is InChI=1S/C22H26FN3O/c1-13-8-18(9-14(2)24-13)17-6-5-7-26(12-17)15(3)19-10-21-22(11-20(19)23)27-16(4)25-21/h8-11,15,17H,5-7,12H2,1-4H3. The van der Waals surface area contributed by atoms with Gasteiger partial charge < -0.3 is 4.42 Å². The average molecular weight is 367 g/mol. The number of hydrogen-bond donors (Lipinski definition) is 0. The van der Waals surface area contributed by atoms with Crippen molar-refractivity contribution >= 4 is 11.1 Å². The summed E-state index contributed by atoms with van der Waals surface area (Å²) in [5.74, 6) is 0.808. The summed E-state index contributed by atoms with van der Waals surface area (Å²) >= 11 is 0. The molecule has 2 aromatic heterocycles. The monoisotopic (exact) mass is 367 g/mol. The molecular formula is C22H26FN3O. The van der Waals surface area contributed by atoms with E-state index in [9.17, 15) is 4.39 Å². The van der Waals surface area contributed by atoms with Gasteiger partial charge in [0.15, 0.2) is 11.5 Å². The second-order valence-electron chi connectivity index (χ2n) is 7.77. The second-order valence-corrected chi connectivity index (χ2v) is 7.77. The molecule has 2 atom stereocenters. The van der Waals surface area contributed by atoms with Crippen LogP contribution >= 0.6 is 0 Å². The number of likely N-dealkylation sites (tertiary alicyclic amines) is 1. The van der Waals surface area contributed by atoms with Crippen molar-refractivity contribution in [3.8, 4) is 0 Å². The molecule has 1 fully saturated rings. The maximum absolute atomic E-state index is 14.7. The zero-order valence-corrected chi connectivity index (χ0v) is 16.4. The number of fused-ring (bicyclic) bond motifs is 1. The number of rotatable bonds is 3. The van der Waals surface area contributed by atoms with Gasteiger partial charge in [0, 0.05) is 42.5 Å². The molecule has 2 unspecified atom stereocenters. The van der Waals surface area contributed by atoms with Crippen LogP contribution in [-0.2, 0) is 0 Å². The van der Waals surface area contributed by atoms with Crippen LogP contribution in [0.15, 0.2) is 28.7 Å². The Morgan fingerprint density at radius 3 is 2.59 bits per heavy atom. The summed E-state index contributed by atoms with van der Waals surface area (Å²) in [6.45, 7) is 9.88. The molecule has 0 radical (unpaired) electrons. The molecule has 1 aliphatic rings. The van der Waals surface area contributed by atoms with E-state index in [1.807, 2.05) is 19.9 Å². The van der Waals surface area contributed by atoms with E-state index in [1.165, 1.54) is 11.6 Å². The van der Waals surface area contributed by atoms with Crippen LogP contribution in [0.1, 0.15) is 60.1 Å². The van der Waals surface area contributed by atoms with Gasteiger partial charge in [0.25, 0.3) is 0 Å². The highest BCUT2D eigenvalue weighted by atomic mass is 19.1. The molecule has 3 heterocycles. The normalized spacial score (nSPS) is 19.5. The first-order chi connectivity index (χ1) is 12.9. The molecule has 0 amide bonds. The Morgan fingerprint density at radius 2 is 1.85 bits per heavy atom. The van der Waals surface area contributed by atoms with Gasteiger partial charge in [-0.2, -0.15) is 0 Å². The highest BCUT2D eigenvalue weighted by Gasteiger charge is 2.27. The van der Waals surface area contributed by atoms with Crippen LogP contribution < -0.4 is 0 Å². The zero-order valence-electron chi connectivity index (χ0n) is 16.4. The van der Waals surface area contributed by atoms with Crippen LogP contribution in [0.5, 0.6) is 0 Å². The Kier molecular flexibility index (Phi) is 4.72. The van der Waals surface area contributed by atoms with E-state index >= 15 is 0 Å². The van der Waals surface area contributed by atoms with E-state index in [2.05, 4.69) is 33.9 Å². The predicted octanol–water partition coefficient (Wildman–Crippen LogP) is 5.23. The number of oxazole rings is 1. The van der Waals surface area contributed by atoms with Crippen LogP contribution in [-0.4, -0.2) is 28.0 Å². The number of aryl methyl sites for hydroxylation is 3. The molecule has 0 saturated carbocycles. The van der Waals surface area contributed by atoms with Gasteiger partial charge in [-0.3, -0.25) is 9.88 Å². The fourth-order valence-corrected chi connectivity index (χ4v) is 4.33. The van der Waals surface area contributed by atoms with Gasteiger partial charge >= 0.3 is 0 Å². The van der Waals surface area contributed by atoms with Crippen molar-refractivity contribution in [2.75, 3.05) is 13.1 Å². The van der Waals surface area contributed by atoms with Gasteiger partial charge in [-0.15, -0.1) is 0 Å². The van der Waals surface area contributed by atoms with Gasteiger partial charge in [0.1, 0.15) is 11.3 Å². The fraction of sp³-hybridized carbons (Fsp3) is 0.455. The lowest BCUT2D eigenvalue weighted by molar-refractivity contribution is 0.156. The van der Waals surface area contributed by atoms with Crippen molar-refractivity contribution in [1.29, 1.82) is 0 Å². The molecule has 4 rings (SSSR count). The molecule has 0 N–H and O–H groups in total. The third-order valence-electron chi connectivity index (χ3n) is 5.64. The minimum absolute atomic E-state index is 0.00163. The lowest BCUT2D eigenvalue weighted by Gasteiger charge is -2.37. The van der Waals surface area contributed by atoms with Crippen molar-refractivity contribution in [3.63, 3.8) is 0 Å². The molecule has 0 aliphatic carbocycles. The summed E-state index contributed by atoms with van der Waals surface area (Å²) < 4.78 is 20.2. The third-order valence-corrected chi connectivity index (χ3v) is 5.64. The summed E-state index contributed by atoms with van der Waals surface area (Å²) in [4.78, 5) is 11.2. The van der Waals surface area contributed by atoms with Gasteiger partial charge in [-0.25, -0.2) is 9.37 Å². The highest BCUT2D eigenvalue weighted by molar-refractivity contribution is 5.73. The number of benzene rings is 1. The van der Waals surface area contributed by atoms with E-state index in [4.69, 9.17) is 4.42 Å². The maximum atomic E-state index is 14.7. The van der Waals surface area contributed by atoms with E-state index < -0.39 is 0 Å². The smallest absolute Gasteiger partial charge is 0.192 e. The lowest BCUT2D eigenvalue weighted by atomic mass is 9.89. The summed E-state index contributed by atoms with van der Waals surface area (Å²) in [6, 6.07) is 7.69. The lowest BCUT2D eigenvalue weighted by Crippen LogP contribution is -2.36. The topological polar surface area (TPSA) is 42.2 Å². The van der Waals surface area contributed by atoms with Crippen molar-refractivity contribution in [3.05, 3.63) is 58.5 Å². The van der Waals surface area contributed by atoms with E-state index in [0.717, 1.165) is 42.8 Å². The van der Waals surface area contributed by atoms with Crippen molar-refractivity contribution in [2.45, 2.75) is 52.5 Å². The first kappa shape index (κ1) is 18.1. The first-order valence-corrected chi connectivity index (χ1v) is 9.66. The Labute approximate surface area is 159 Å². The van der Waals surface area contributed by atoms with Crippen LogP contribution in [0.25, 0.3) is 11.1 Å². The quantitative estimate of drug-likeness (QED) is 0.636. The highest BCUT2D eigenvalue weighted by Crippen LogP contribution is 2.34. The van der Waals surface area contributed by atoms with Gasteiger partial charge in [-0.05, 0) is 69.8 Å². The Hall–Kier alpha value is -2.27. The van der Waals surface area contributed by atoms with Crippen LogP contribution in [0, 0.1) is 26.6 Å². The minimum atomic E-state index is -0.219. The minimum Gasteiger partial charge on any atom is -0.441 e. The van der Waals surface area contributed by atoms with Crippen molar-refractivity contribution in [1.82, 2.24) is 14.9 Å². The van der Waals surface area contributed by atoms with Crippen LogP contribution in [0.3, 0.4) is 0 Å². The molecule has 1 saturated heterocycles. The Balaban J connectivity index is 1.60. The molecule has 1 aliphatic heterocycles. The number of halogens is 1. The number of hydrogen-bond acceptors (Lipinski definition) is 4. The molecule has 27 heavy (non-hydrogen) atoms. The van der Waals surface area contributed by atoms with E-state index in [1.54, 1.807) is 6.92 Å².